The van der Waals surface area contributed by atoms with E-state index in [0.717, 1.165) is 24.1 Å². The Balaban J connectivity index is 1.96. The van der Waals surface area contributed by atoms with Crippen LogP contribution in [0.4, 0.5) is 0 Å². The first kappa shape index (κ1) is 12.5. The van der Waals surface area contributed by atoms with Crippen LogP contribution in [0.2, 0.25) is 0 Å². The van der Waals surface area contributed by atoms with Gasteiger partial charge in [0.2, 0.25) is 11.6 Å². The van der Waals surface area contributed by atoms with Gasteiger partial charge in [-0.1, -0.05) is 37.1 Å². The third-order valence-corrected chi connectivity index (χ3v) is 4.68. The van der Waals surface area contributed by atoms with E-state index in [2.05, 4.69) is 0 Å². The molecule has 0 spiro atoms. The number of rotatable bonds is 1. The predicted molar refractivity (Wildman–Crippen MR) is 78.6 cm³/mol. The minimum absolute atomic E-state index is 0.366. The number of fused-ring (bicyclic) bond motifs is 3. The Morgan fingerprint density at radius 3 is 2.43 bits per heavy atom. The molecule has 1 heterocycles. The molecule has 0 saturated heterocycles. The fourth-order valence-corrected chi connectivity index (χ4v) is 3.61. The Morgan fingerprint density at radius 1 is 1.05 bits per heavy atom. The van der Waals surface area contributed by atoms with Crippen molar-refractivity contribution in [2.75, 3.05) is 0 Å². The highest BCUT2D eigenvalue weighted by atomic mass is 16.2. The molecule has 0 aliphatic heterocycles. The number of carbonyl (C=O) groups excluding carboxylic acids is 2. The lowest BCUT2D eigenvalue weighted by atomic mass is 9.87. The maximum Gasteiger partial charge on any atom is 0.237 e. The molecule has 2 aliphatic rings. The van der Waals surface area contributed by atoms with Gasteiger partial charge in [-0.15, -0.1) is 0 Å². The molecule has 21 heavy (non-hydrogen) atoms. The number of carbonyl (C=O) groups is 2. The molecule has 1 saturated carbocycles. The zero-order valence-corrected chi connectivity index (χ0v) is 11.9. The van der Waals surface area contributed by atoms with Gasteiger partial charge < -0.3 is 0 Å². The Hall–Kier alpha value is -2.23. The molecule has 2 aromatic rings. The van der Waals surface area contributed by atoms with Crippen molar-refractivity contribution in [2.45, 2.75) is 38.6 Å². The van der Waals surface area contributed by atoms with Crippen molar-refractivity contribution in [2.24, 2.45) is 0 Å². The van der Waals surface area contributed by atoms with Crippen molar-refractivity contribution in [3.8, 4) is 11.3 Å². The van der Waals surface area contributed by atoms with Crippen LogP contribution in [0, 0.1) is 6.92 Å². The van der Waals surface area contributed by atoms with Crippen LogP contribution in [-0.4, -0.2) is 21.3 Å². The molecule has 1 aromatic carbocycles. The third kappa shape index (κ3) is 1.65. The van der Waals surface area contributed by atoms with Crippen molar-refractivity contribution in [1.82, 2.24) is 9.78 Å². The number of nitrogens with zero attached hydrogens (tertiary/aromatic N) is 2. The van der Waals surface area contributed by atoms with Gasteiger partial charge in [-0.05, 0) is 19.8 Å². The van der Waals surface area contributed by atoms with E-state index in [1.807, 2.05) is 23.7 Å². The summed E-state index contributed by atoms with van der Waals surface area (Å²) in [5.41, 5.74) is 3.29. The van der Waals surface area contributed by atoms with Crippen molar-refractivity contribution >= 4 is 11.6 Å². The largest absolute Gasteiger partial charge is 0.285 e. The fraction of sp³-hybridized carbons (Fsp3) is 0.353. The summed E-state index contributed by atoms with van der Waals surface area (Å²) in [6.07, 6.45) is 4.62. The number of ketones is 2. The van der Waals surface area contributed by atoms with Crippen LogP contribution in [0.5, 0.6) is 0 Å². The molecule has 1 fully saturated rings. The zero-order chi connectivity index (χ0) is 14.6. The first-order chi connectivity index (χ1) is 10.2. The maximum atomic E-state index is 12.4. The van der Waals surface area contributed by atoms with Crippen LogP contribution < -0.4 is 0 Å². The number of Topliss-reactive ketones (excluding diaryl/α,β-unsaturated/α-hetero) is 2. The molecule has 106 valence electrons. The molecule has 4 heteroatoms. The number of aromatic nitrogens is 2. The Labute approximate surface area is 122 Å². The highest BCUT2D eigenvalue weighted by molar-refractivity contribution is 6.53. The molecule has 4 nitrogen and oxygen atoms in total. The second-order valence-corrected chi connectivity index (χ2v) is 5.90. The molecular weight excluding hydrogens is 264 g/mol. The van der Waals surface area contributed by atoms with Crippen molar-refractivity contribution in [3.05, 3.63) is 41.1 Å². The topological polar surface area (TPSA) is 52.0 Å². The third-order valence-electron chi connectivity index (χ3n) is 4.68. The lowest BCUT2D eigenvalue weighted by molar-refractivity contribution is 0.0815. The van der Waals surface area contributed by atoms with Crippen LogP contribution in [-0.2, 0) is 0 Å². The van der Waals surface area contributed by atoms with Gasteiger partial charge in [0, 0.05) is 16.8 Å². The standard InChI is InChI=1S/C17H16N2O2/c1-10-14-15(18-19(10)11-6-2-3-7-11)12-8-4-5-9-13(12)16(20)17(14)21/h4-5,8-9,11H,2-3,6-7H2,1H3. The van der Waals surface area contributed by atoms with Gasteiger partial charge >= 0.3 is 0 Å². The minimum Gasteiger partial charge on any atom is -0.285 e. The summed E-state index contributed by atoms with van der Waals surface area (Å²) in [5.74, 6) is -0.822. The fourth-order valence-electron chi connectivity index (χ4n) is 3.61. The maximum absolute atomic E-state index is 12.4. The van der Waals surface area contributed by atoms with Gasteiger partial charge in [0.05, 0.1) is 11.6 Å². The molecule has 0 amide bonds. The summed E-state index contributed by atoms with van der Waals surface area (Å²) in [6, 6.07) is 7.63. The monoisotopic (exact) mass is 280 g/mol. The van der Waals surface area contributed by atoms with Gasteiger partial charge in [-0.2, -0.15) is 5.10 Å². The second-order valence-electron chi connectivity index (χ2n) is 5.90. The van der Waals surface area contributed by atoms with E-state index in [9.17, 15) is 9.59 Å². The number of benzene rings is 1. The average molecular weight is 280 g/mol. The van der Waals surface area contributed by atoms with Gasteiger partial charge in [-0.25, -0.2) is 0 Å². The van der Waals surface area contributed by atoms with E-state index in [1.165, 1.54) is 12.8 Å². The highest BCUT2D eigenvalue weighted by Crippen LogP contribution is 2.38. The average Bonchev–Trinajstić information content (AvgIpc) is 3.12. The zero-order valence-electron chi connectivity index (χ0n) is 11.9. The van der Waals surface area contributed by atoms with Gasteiger partial charge in [0.15, 0.2) is 0 Å². The first-order valence-electron chi connectivity index (χ1n) is 7.46. The van der Waals surface area contributed by atoms with E-state index in [1.54, 1.807) is 12.1 Å². The van der Waals surface area contributed by atoms with Crippen LogP contribution >= 0.6 is 0 Å². The predicted octanol–water partition coefficient (Wildman–Crippen LogP) is 3.35. The van der Waals surface area contributed by atoms with Crippen LogP contribution in [0.25, 0.3) is 11.3 Å². The molecule has 0 radical (unpaired) electrons. The molecular formula is C17H16N2O2. The lowest BCUT2D eigenvalue weighted by Crippen LogP contribution is -2.21. The summed E-state index contributed by atoms with van der Waals surface area (Å²) in [5, 5.41) is 4.70. The minimum atomic E-state index is -0.412. The summed E-state index contributed by atoms with van der Waals surface area (Å²) in [7, 11) is 0. The molecule has 0 atom stereocenters. The van der Waals surface area contributed by atoms with E-state index in [-0.39, 0.29) is 0 Å². The van der Waals surface area contributed by atoms with E-state index < -0.39 is 11.6 Å². The van der Waals surface area contributed by atoms with Crippen LogP contribution in [0.1, 0.15) is 58.1 Å². The van der Waals surface area contributed by atoms with Crippen LogP contribution in [0.3, 0.4) is 0 Å². The first-order valence-corrected chi connectivity index (χ1v) is 7.46. The van der Waals surface area contributed by atoms with E-state index in [4.69, 9.17) is 5.10 Å². The van der Waals surface area contributed by atoms with Gasteiger partial charge in [0.1, 0.15) is 5.69 Å². The summed E-state index contributed by atoms with van der Waals surface area (Å²) < 4.78 is 1.98. The SMILES string of the molecule is Cc1c2c(nn1C1CCCC1)-c1ccccc1C(=O)C2=O. The van der Waals surface area contributed by atoms with Crippen molar-refractivity contribution in [3.63, 3.8) is 0 Å². The smallest absolute Gasteiger partial charge is 0.237 e. The molecule has 0 unspecified atom stereocenters. The molecule has 0 bridgehead atoms. The second kappa shape index (κ2) is 4.38. The summed E-state index contributed by atoms with van der Waals surface area (Å²) >= 11 is 0. The van der Waals surface area contributed by atoms with Crippen molar-refractivity contribution in [1.29, 1.82) is 0 Å². The summed E-state index contributed by atoms with van der Waals surface area (Å²) in [4.78, 5) is 24.7. The van der Waals surface area contributed by atoms with E-state index in [0.29, 0.717) is 22.9 Å². The summed E-state index contributed by atoms with van der Waals surface area (Å²) in [6.45, 7) is 1.91. The Morgan fingerprint density at radius 2 is 1.71 bits per heavy atom. The lowest BCUT2D eigenvalue weighted by Gasteiger charge is -2.13. The Kier molecular flexibility index (Phi) is 2.61. The normalized spacial score (nSPS) is 18.0. The highest BCUT2D eigenvalue weighted by Gasteiger charge is 2.36. The van der Waals surface area contributed by atoms with Gasteiger partial charge in [-0.3, -0.25) is 14.3 Å². The molecule has 1 aromatic heterocycles. The van der Waals surface area contributed by atoms with E-state index >= 15 is 0 Å². The molecule has 2 aliphatic carbocycles. The molecule has 0 N–H and O–H groups in total. The number of hydrogen-bond acceptors (Lipinski definition) is 3. The van der Waals surface area contributed by atoms with Crippen molar-refractivity contribution < 1.29 is 9.59 Å². The number of hydrogen-bond donors (Lipinski definition) is 0. The van der Waals surface area contributed by atoms with Crippen LogP contribution in [0.15, 0.2) is 24.3 Å². The van der Waals surface area contributed by atoms with Gasteiger partial charge in [0.25, 0.3) is 0 Å². The molecule has 4 rings (SSSR count). The quantitative estimate of drug-likeness (QED) is 0.753. The Bertz CT molecular complexity index is 767.